The van der Waals surface area contributed by atoms with Gasteiger partial charge in [-0.2, -0.15) is 0 Å². The number of hydrogen-bond acceptors (Lipinski definition) is 5. The SMILES string of the molecule is CCN1CCC(Nc2ccc(C)c(-n3cnnn3)c2)CC1. The lowest BCUT2D eigenvalue weighted by Gasteiger charge is -2.32. The fourth-order valence-corrected chi connectivity index (χ4v) is 2.85. The van der Waals surface area contributed by atoms with E-state index in [1.807, 2.05) is 0 Å². The number of hydrogen-bond donors (Lipinski definition) is 1. The minimum atomic E-state index is 0.553. The summed E-state index contributed by atoms with van der Waals surface area (Å²) in [4.78, 5) is 2.50. The number of rotatable bonds is 4. The van der Waals surface area contributed by atoms with Gasteiger partial charge in [-0.3, -0.25) is 0 Å². The first-order chi connectivity index (χ1) is 10.3. The van der Waals surface area contributed by atoms with Gasteiger partial charge >= 0.3 is 0 Å². The quantitative estimate of drug-likeness (QED) is 0.930. The van der Waals surface area contributed by atoms with Crippen molar-refractivity contribution in [3.8, 4) is 5.69 Å². The average molecular weight is 286 g/mol. The van der Waals surface area contributed by atoms with Crippen molar-refractivity contribution < 1.29 is 0 Å². The van der Waals surface area contributed by atoms with Crippen LogP contribution in [-0.2, 0) is 0 Å². The topological polar surface area (TPSA) is 58.9 Å². The summed E-state index contributed by atoms with van der Waals surface area (Å²) >= 11 is 0. The van der Waals surface area contributed by atoms with E-state index in [1.165, 1.54) is 25.9 Å². The first kappa shape index (κ1) is 14.0. The van der Waals surface area contributed by atoms with E-state index in [4.69, 9.17) is 0 Å². The Balaban J connectivity index is 1.71. The van der Waals surface area contributed by atoms with Gasteiger partial charge < -0.3 is 10.2 Å². The van der Waals surface area contributed by atoms with Crippen LogP contribution >= 0.6 is 0 Å². The molecular formula is C15H22N6. The lowest BCUT2D eigenvalue weighted by molar-refractivity contribution is 0.229. The van der Waals surface area contributed by atoms with Crippen LogP contribution in [0.5, 0.6) is 0 Å². The van der Waals surface area contributed by atoms with Gasteiger partial charge in [0.05, 0.1) is 5.69 Å². The third-order valence-electron chi connectivity index (χ3n) is 4.21. The highest BCUT2D eigenvalue weighted by atomic mass is 15.5. The molecule has 3 rings (SSSR count). The van der Waals surface area contributed by atoms with Gasteiger partial charge in [0.25, 0.3) is 0 Å². The summed E-state index contributed by atoms with van der Waals surface area (Å²) < 4.78 is 1.71. The molecular weight excluding hydrogens is 264 g/mol. The van der Waals surface area contributed by atoms with Crippen molar-refractivity contribution in [2.75, 3.05) is 25.0 Å². The Morgan fingerprint density at radius 2 is 2.10 bits per heavy atom. The fraction of sp³-hybridized carbons (Fsp3) is 0.533. The number of tetrazole rings is 1. The van der Waals surface area contributed by atoms with Crippen molar-refractivity contribution in [3.63, 3.8) is 0 Å². The molecule has 0 unspecified atom stereocenters. The zero-order valence-electron chi connectivity index (χ0n) is 12.7. The second-order valence-corrected chi connectivity index (χ2v) is 5.61. The molecule has 1 N–H and O–H groups in total. The van der Waals surface area contributed by atoms with E-state index < -0.39 is 0 Å². The van der Waals surface area contributed by atoms with Crippen LogP contribution in [0.1, 0.15) is 25.3 Å². The molecule has 112 valence electrons. The summed E-state index contributed by atoms with van der Waals surface area (Å²) in [5.41, 5.74) is 3.32. The van der Waals surface area contributed by atoms with Crippen molar-refractivity contribution in [1.82, 2.24) is 25.1 Å². The highest BCUT2D eigenvalue weighted by Gasteiger charge is 2.18. The Hall–Kier alpha value is -1.95. The third-order valence-corrected chi connectivity index (χ3v) is 4.21. The maximum Gasteiger partial charge on any atom is 0.143 e. The van der Waals surface area contributed by atoms with E-state index in [0.29, 0.717) is 6.04 Å². The zero-order chi connectivity index (χ0) is 14.7. The molecule has 1 aliphatic rings. The van der Waals surface area contributed by atoms with E-state index in [1.54, 1.807) is 11.0 Å². The van der Waals surface area contributed by atoms with Gasteiger partial charge in [0, 0.05) is 24.8 Å². The third kappa shape index (κ3) is 3.21. The minimum Gasteiger partial charge on any atom is -0.382 e. The molecule has 2 heterocycles. The minimum absolute atomic E-state index is 0.553. The van der Waals surface area contributed by atoms with Gasteiger partial charge in [0.1, 0.15) is 6.33 Å². The molecule has 2 aromatic rings. The van der Waals surface area contributed by atoms with E-state index in [-0.39, 0.29) is 0 Å². The molecule has 6 nitrogen and oxygen atoms in total. The molecule has 21 heavy (non-hydrogen) atoms. The first-order valence-corrected chi connectivity index (χ1v) is 7.59. The lowest BCUT2D eigenvalue weighted by atomic mass is 10.0. The average Bonchev–Trinajstić information content (AvgIpc) is 3.04. The molecule has 0 atom stereocenters. The van der Waals surface area contributed by atoms with Gasteiger partial charge in [-0.05, 0) is 54.4 Å². The predicted molar refractivity (Wildman–Crippen MR) is 82.6 cm³/mol. The second kappa shape index (κ2) is 6.22. The van der Waals surface area contributed by atoms with Crippen LogP contribution < -0.4 is 5.32 Å². The normalized spacial score (nSPS) is 17.0. The summed E-state index contributed by atoms with van der Waals surface area (Å²) in [7, 11) is 0. The molecule has 1 aromatic carbocycles. The molecule has 1 aromatic heterocycles. The van der Waals surface area contributed by atoms with Gasteiger partial charge in [-0.1, -0.05) is 13.0 Å². The predicted octanol–water partition coefficient (Wildman–Crippen LogP) is 1.87. The van der Waals surface area contributed by atoms with E-state index in [0.717, 1.165) is 23.5 Å². The molecule has 0 bridgehead atoms. The van der Waals surface area contributed by atoms with Gasteiger partial charge in [0.15, 0.2) is 0 Å². The summed E-state index contributed by atoms with van der Waals surface area (Å²) in [6, 6.07) is 6.92. The standard InChI is InChI=1S/C15H22N6/c1-3-20-8-6-13(7-9-20)17-14-5-4-12(2)15(10-14)21-11-16-18-19-21/h4-5,10-11,13,17H,3,6-9H2,1-2H3. The van der Waals surface area contributed by atoms with Gasteiger partial charge in [0.2, 0.25) is 0 Å². The molecule has 1 fully saturated rings. The van der Waals surface area contributed by atoms with Crippen LogP contribution in [0.2, 0.25) is 0 Å². The van der Waals surface area contributed by atoms with E-state index in [9.17, 15) is 0 Å². The summed E-state index contributed by atoms with van der Waals surface area (Å²) in [5, 5.41) is 15.0. The summed E-state index contributed by atoms with van der Waals surface area (Å²) in [6.45, 7) is 7.81. The van der Waals surface area contributed by atoms with E-state index in [2.05, 4.69) is 57.8 Å². The molecule has 1 saturated heterocycles. The Bertz CT molecular complexity index is 572. The van der Waals surface area contributed by atoms with Crippen molar-refractivity contribution in [2.24, 2.45) is 0 Å². The number of nitrogens with one attached hydrogen (secondary N) is 1. The maximum atomic E-state index is 3.98. The molecule has 1 aliphatic heterocycles. The Kier molecular flexibility index (Phi) is 4.15. The molecule has 0 saturated carbocycles. The molecule has 6 heteroatoms. The highest BCUT2D eigenvalue weighted by molar-refractivity contribution is 5.55. The van der Waals surface area contributed by atoms with Crippen molar-refractivity contribution in [1.29, 1.82) is 0 Å². The van der Waals surface area contributed by atoms with Crippen molar-refractivity contribution in [2.45, 2.75) is 32.7 Å². The van der Waals surface area contributed by atoms with Crippen LogP contribution in [0.15, 0.2) is 24.5 Å². The molecule has 0 aliphatic carbocycles. The van der Waals surface area contributed by atoms with E-state index >= 15 is 0 Å². The number of anilines is 1. The Labute approximate surface area is 125 Å². The summed E-state index contributed by atoms with van der Waals surface area (Å²) in [6.07, 6.45) is 4.02. The first-order valence-electron chi connectivity index (χ1n) is 7.59. The smallest absolute Gasteiger partial charge is 0.143 e. The van der Waals surface area contributed by atoms with Crippen molar-refractivity contribution >= 4 is 5.69 Å². The molecule has 0 radical (unpaired) electrons. The molecule has 0 amide bonds. The number of benzene rings is 1. The Morgan fingerprint density at radius 1 is 1.29 bits per heavy atom. The summed E-state index contributed by atoms with van der Waals surface area (Å²) in [5.74, 6) is 0. The van der Waals surface area contributed by atoms with Crippen molar-refractivity contribution in [3.05, 3.63) is 30.1 Å². The highest BCUT2D eigenvalue weighted by Crippen LogP contribution is 2.21. The lowest BCUT2D eigenvalue weighted by Crippen LogP contribution is -2.38. The zero-order valence-corrected chi connectivity index (χ0v) is 12.7. The molecule has 0 spiro atoms. The van der Waals surface area contributed by atoms with Gasteiger partial charge in [-0.15, -0.1) is 5.10 Å². The number of aryl methyl sites for hydroxylation is 1. The largest absolute Gasteiger partial charge is 0.382 e. The van der Waals surface area contributed by atoms with Crippen LogP contribution in [0, 0.1) is 6.92 Å². The van der Waals surface area contributed by atoms with Crippen LogP contribution in [0.4, 0.5) is 5.69 Å². The van der Waals surface area contributed by atoms with Crippen LogP contribution in [0.25, 0.3) is 5.69 Å². The monoisotopic (exact) mass is 286 g/mol. The fourth-order valence-electron chi connectivity index (χ4n) is 2.85. The van der Waals surface area contributed by atoms with Crippen LogP contribution in [-0.4, -0.2) is 50.8 Å². The number of likely N-dealkylation sites (tertiary alicyclic amines) is 1. The number of piperidine rings is 1. The second-order valence-electron chi connectivity index (χ2n) is 5.61. The number of nitrogens with zero attached hydrogens (tertiary/aromatic N) is 5. The maximum absolute atomic E-state index is 3.98. The Morgan fingerprint density at radius 3 is 2.76 bits per heavy atom. The van der Waals surface area contributed by atoms with Crippen LogP contribution in [0.3, 0.4) is 0 Å². The number of aromatic nitrogens is 4. The van der Waals surface area contributed by atoms with Gasteiger partial charge in [-0.25, -0.2) is 4.68 Å².